The molecule has 2 aromatic carbocycles. The number of nitrogens with zero attached hydrogens (tertiary/aromatic N) is 3. The Morgan fingerprint density at radius 2 is 1.63 bits per heavy atom. The summed E-state index contributed by atoms with van der Waals surface area (Å²) < 4.78 is 2.13. The largest absolute Gasteiger partial charge is 0.342 e. The first kappa shape index (κ1) is 19.0. The molecule has 0 fully saturated rings. The molecule has 1 aromatic heterocycles. The van der Waals surface area contributed by atoms with Crippen molar-refractivity contribution >= 4 is 13.0 Å². The van der Waals surface area contributed by atoms with Crippen molar-refractivity contribution in [1.82, 2.24) is 9.55 Å². The molecule has 3 rings (SSSR count). The van der Waals surface area contributed by atoms with Gasteiger partial charge in [-0.15, -0.1) is 0 Å². The van der Waals surface area contributed by atoms with Crippen LogP contribution < -0.4 is 5.72 Å². The Morgan fingerprint density at radius 3 is 2.19 bits per heavy atom. The molecule has 1 unspecified atom stereocenters. The number of hydrogen-bond acceptors (Lipinski definition) is 2. The minimum atomic E-state index is -0.0125. The number of imidazole rings is 1. The highest BCUT2D eigenvalue weighted by Gasteiger charge is 2.20. The van der Waals surface area contributed by atoms with Gasteiger partial charge in [0.1, 0.15) is 0 Å². The number of rotatable bonds is 7. The highest BCUT2D eigenvalue weighted by molar-refractivity contribution is 6.51. The summed E-state index contributed by atoms with van der Waals surface area (Å²) in [6.45, 7) is 7.03. The van der Waals surface area contributed by atoms with Crippen molar-refractivity contribution in [3.8, 4) is 6.07 Å². The topological polar surface area (TPSA) is 41.6 Å². The van der Waals surface area contributed by atoms with E-state index in [1.165, 1.54) is 22.3 Å². The smallest absolute Gasteiger partial charge is 0.205 e. The molecule has 0 saturated heterocycles. The lowest BCUT2D eigenvalue weighted by Gasteiger charge is -2.22. The average molecular weight is 355 g/mol. The van der Waals surface area contributed by atoms with E-state index in [1.54, 1.807) is 0 Å². The zero-order chi connectivity index (χ0) is 19.2. The molecule has 1 atom stereocenters. The van der Waals surface area contributed by atoms with Crippen LogP contribution in [0.1, 0.15) is 35.1 Å². The normalized spacial score (nSPS) is 12.0. The monoisotopic (exact) mass is 355 g/mol. The van der Waals surface area contributed by atoms with Gasteiger partial charge in [-0.3, -0.25) is 4.98 Å². The Labute approximate surface area is 162 Å². The molecular formula is C23H26BN3. The fourth-order valence-electron chi connectivity index (χ4n) is 3.78. The molecule has 27 heavy (non-hydrogen) atoms. The fourth-order valence-corrected chi connectivity index (χ4v) is 3.78. The SMILES string of the molecule is Cc1ccccc1C(CBc1nccn1CC(C)C#N)c1ccccc1C. The maximum atomic E-state index is 9.12. The Bertz CT molecular complexity index is 893. The molecule has 0 aliphatic carbocycles. The molecule has 0 aliphatic heterocycles. The van der Waals surface area contributed by atoms with Gasteiger partial charge in [-0.05, 0) is 43.0 Å². The highest BCUT2D eigenvalue weighted by atomic mass is 15.0. The molecule has 0 amide bonds. The van der Waals surface area contributed by atoms with Crippen LogP contribution in [0.2, 0.25) is 6.32 Å². The van der Waals surface area contributed by atoms with Gasteiger partial charge in [-0.1, -0.05) is 54.9 Å². The van der Waals surface area contributed by atoms with Gasteiger partial charge in [0.05, 0.1) is 17.7 Å². The van der Waals surface area contributed by atoms with Gasteiger partial charge in [-0.2, -0.15) is 5.26 Å². The van der Waals surface area contributed by atoms with E-state index in [0.717, 1.165) is 19.3 Å². The summed E-state index contributed by atoms with van der Waals surface area (Å²) in [5, 5.41) is 9.12. The number of hydrogen-bond donors (Lipinski definition) is 0. The number of benzene rings is 2. The number of aryl methyl sites for hydroxylation is 2. The van der Waals surface area contributed by atoms with Gasteiger partial charge in [0.25, 0.3) is 0 Å². The van der Waals surface area contributed by atoms with Gasteiger partial charge in [0.2, 0.25) is 7.28 Å². The lowest BCUT2D eigenvalue weighted by molar-refractivity contribution is 0.590. The fraction of sp³-hybridized carbons (Fsp3) is 0.304. The van der Waals surface area contributed by atoms with Gasteiger partial charge in [0.15, 0.2) is 0 Å². The van der Waals surface area contributed by atoms with E-state index in [9.17, 15) is 0 Å². The van der Waals surface area contributed by atoms with Crippen molar-refractivity contribution in [1.29, 1.82) is 5.26 Å². The minimum Gasteiger partial charge on any atom is -0.342 e. The second-order valence-electron chi connectivity index (χ2n) is 7.33. The standard InChI is InChI=1S/C23H26BN3/c1-17(15-25)16-27-13-12-26-23(27)24-14-22(20-10-6-4-8-18(20)2)21-11-7-5-9-19(21)3/h4-13,17,22,24H,14,16H2,1-3H3. The Hall–Kier alpha value is -2.80. The van der Waals surface area contributed by atoms with Crippen molar-refractivity contribution in [2.75, 3.05) is 0 Å². The van der Waals surface area contributed by atoms with Crippen molar-refractivity contribution in [2.45, 2.75) is 39.6 Å². The van der Waals surface area contributed by atoms with Crippen molar-refractivity contribution in [2.24, 2.45) is 5.92 Å². The second kappa shape index (κ2) is 8.73. The van der Waals surface area contributed by atoms with E-state index in [0.29, 0.717) is 12.5 Å². The van der Waals surface area contributed by atoms with Crippen LogP contribution in [0.3, 0.4) is 0 Å². The second-order valence-corrected chi connectivity index (χ2v) is 7.33. The minimum absolute atomic E-state index is 0.0125. The van der Waals surface area contributed by atoms with Crippen molar-refractivity contribution < 1.29 is 0 Å². The first-order valence-corrected chi connectivity index (χ1v) is 9.60. The van der Waals surface area contributed by atoms with Crippen LogP contribution in [0, 0.1) is 31.1 Å². The maximum Gasteiger partial charge on any atom is 0.205 e. The van der Waals surface area contributed by atoms with Crippen molar-refractivity contribution in [3.05, 3.63) is 83.2 Å². The quantitative estimate of drug-likeness (QED) is 0.602. The van der Waals surface area contributed by atoms with Crippen LogP contribution in [-0.2, 0) is 6.54 Å². The summed E-state index contributed by atoms with van der Waals surface area (Å²) in [7, 11) is 0.887. The molecule has 3 aromatic rings. The van der Waals surface area contributed by atoms with E-state index in [1.807, 2.05) is 19.3 Å². The van der Waals surface area contributed by atoms with E-state index in [-0.39, 0.29) is 5.92 Å². The molecule has 0 bridgehead atoms. The Morgan fingerprint density at radius 1 is 1.04 bits per heavy atom. The summed E-state index contributed by atoms with van der Waals surface area (Å²) >= 11 is 0. The van der Waals surface area contributed by atoms with E-state index >= 15 is 0 Å². The lowest BCUT2D eigenvalue weighted by Crippen LogP contribution is -2.29. The summed E-state index contributed by atoms with van der Waals surface area (Å²) in [6, 6.07) is 19.6. The highest BCUT2D eigenvalue weighted by Crippen LogP contribution is 2.32. The third kappa shape index (κ3) is 4.49. The van der Waals surface area contributed by atoms with Crippen molar-refractivity contribution in [3.63, 3.8) is 0 Å². The molecule has 0 N–H and O–H groups in total. The summed E-state index contributed by atoms with van der Waals surface area (Å²) in [4.78, 5) is 4.56. The molecule has 0 saturated carbocycles. The summed E-state index contributed by atoms with van der Waals surface area (Å²) in [5.41, 5.74) is 6.48. The molecule has 3 nitrogen and oxygen atoms in total. The van der Waals surface area contributed by atoms with Gasteiger partial charge < -0.3 is 4.57 Å². The van der Waals surface area contributed by atoms with Crippen LogP contribution in [-0.4, -0.2) is 16.8 Å². The molecule has 1 heterocycles. The number of aromatic nitrogens is 2. The van der Waals surface area contributed by atoms with Crippen LogP contribution in [0.25, 0.3) is 0 Å². The maximum absolute atomic E-state index is 9.12. The molecular weight excluding hydrogens is 329 g/mol. The van der Waals surface area contributed by atoms with E-state index < -0.39 is 0 Å². The zero-order valence-electron chi connectivity index (χ0n) is 16.4. The van der Waals surface area contributed by atoms with Crippen LogP contribution in [0.15, 0.2) is 60.9 Å². The Balaban J connectivity index is 1.88. The number of nitriles is 1. The lowest BCUT2D eigenvalue weighted by atomic mass is 9.64. The molecule has 136 valence electrons. The van der Waals surface area contributed by atoms with Crippen LogP contribution in [0.4, 0.5) is 0 Å². The van der Waals surface area contributed by atoms with Gasteiger partial charge >= 0.3 is 0 Å². The third-order valence-electron chi connectivity index (χ3n) is 5.28. The van der Waals surface area contributed by atoms with E-state index in [2.05, 4.69) is 78.0 Å². The summed E-state index contributed by atoms with van der Waals surface area (Å²) in [5.74, 6) is 0.326. The van der Waals surface area contributed by atoms with E-state index in [4.69, 9.17) is 5.26 Å². The predicted molar refractivity (Wildman–Crippen MR) is 113 cm³/mol. The van der Waals surface area contributed by atoms with Crippen LogP contribution >= 0.6 is 0 Å². The van der Waals surface area contributed by atoms with Crippen LogP contribution in [0.5, 0.6) is 0 Å². The average Bonchev–Trinajstić information content (AvgIpc) is 3.11. The molecule has 0 aliphatic rings. The summed E-state index contributed by atoms with van der Waals surface area (Å²) in [6.07, 6.45) is 4.82. The zero-order valence-corrected chi connectivity index (χ0v) is 16.4. The molecule has 4 heteroatoms. The predicted octanol–water partition coefficient (Wildman–Crippen LogP) is 3.97. The third-order valence-corrected chi connectivity index (χ3v) is 5.28. The first-order chi connectivity index (χ1) is 13.1. The van der Waals surface area contributed by atoms with Gasteiger partial charge in [-0.25, -0.2) is 0 Å². The van der Waals surface area contributed by atoms with Gasteiger partial charge in [0, 0.05) is 24.9 Å². The molecule has 0 radical (unpaired) electrons. The first-order valence-electron chi connectivity index (χ1n) is 9.60. The molecule has 0 spiro atoms. The Kier molecular flexibility index (Phi) is 6.14.